The number of aromatic nitrogens is 2. The van der Waals surface area contributed by atoms with Gasteiger partial charge in [-0.05, 0) is 32.0 Å². The van der Waals surface area contributed by atoms with Crippen LogP contribution in [0.4, 0.5) is 20.2 Å². The van der Waals surface area contributed by atoms with E-state index in [9.17, 15) is 13.9 Å². The van der Waals surface area contributed by atoms with Crippen molar-refractivity contribution >= 4 is 22.7 Å². The number of halogens is 2. The molecule has 0 bridgehead atoms. The molecule has 0 saturated carbocycles. The number of aryl methyl sites for hydroxylation is 1. The van der Waals surface area contributed by atoms with E-state index in [2.05, 4.69) is 26.4 Å². The number of fused-ring (bicyclic) bond motifs is 1. The van der Waals surface area contributed by atoms with Gasteiger partial charge >= 0.3 is 0 Å². The highest BCUT2D eigenvalue weighted by Gasteiger charge is 2.24. The van der Waals surface area contributed by atoms with Gasteiger partial charge in [-0.25, -0.2) is 18.7 Å². The molecule has 3 heterocycles. The largest absolute Gasteiger partial charge is 0.391 e. The fraction of sp³-hybridized carbons (Fsp3) is 0.263. The Kier molecular flexibility index (Phi) is 5.41. The number of hydrazine groups is 2. The van der Waals surface area contributed by atoms with E-state index in [1.54, 1.807) is 25.1 Å². The Balaban J connectivity index is 1.66. The Hall–Kier alpha value is -2.66. The van der Waals surface area contributed by atoms with E-state index in [0.717, 1.165) is 21.6 Å². The van der Waals surface area contributed by atoms with Gasteiger partial charge in [0, 0.05) is 5.56 Å². The molecule has 0 amide bonds. The van der Waals surface area contributed by atoms with E-state index in [1.165, 1.54) is 11.3 Å². The minimum atomic E-state index is -0.600. The number of nitrogens with zero attached hydrogens (tertiary/aromatic N) is 2. The van der Waals surface area contributed by atoms with Gasteiger partial charge in [-0.1, -0.05) is 6.07 Å². The van der Waals surface area contributed by atoms with Gasteiger partial charge < -0.3 is 9.84 Å². The van der Waals surface area contributed by atoms with Crippen LogP contribution in [-0.4, -0.2) is 27.8 Å². The summed E-state index contributed by atoms with van der Waals surface area (Å²) < 4.78 is 34.6. The third-order valence-corrected chi connectivity index (χ3v) is 5.43. The number of rotatable bonds is 6. The van der Waals surface area contributed by atoms with Gasteiger partial charge in [0.25, 0.3) is 0 Å². The predicted molar refractivity (Wildman–Crippen MR) is 107 cm³/mol. The van der Waals surface area contributed by atoms with Crippen molar-refractivity contribution < 1.29 is 18.6 Å². The summed E-state index contributed by atoms with van der Waals surface area (Å²) >= 11 is 1.42. The van der Waals surface area contributed by atoms with Crippen LogP contribution in [0.25, 0.3) is 21.8 Å². The van der Waals surface area contributed by atoms with Crippen LogP contribution in [0.1, 0.15) is 17.6 Å². The maximum absolute atomic E-state index is 14.9. The molecule has 0 aliphatic carbocycles. The first-order chi connectivity index (χ1) is 13.9. The van der Waals surface area contributed by atoms with Gasteiger partial charge in [-0.15, -0.1) is 16.9 Å². The molecular weight excluding hydrogens is 400 g/mol. The van der Waals surface area contributed by atoms with Crippen LogP contribution in [-0.2, 0) is 11.3 Å². The second kappa shape index (κ2) is 7.99. The van der Waals surface area contributed by atoms with Crippen LogP contribution in [0, 0.1) is 18.6 Å². The number of thiazole rings is 1. The summed E-state index contributed by atoms with van der Waals surface area (Å²) in [6.07, 6.45) is -0.545. The van der Waals surface area contributed by atoms with Crippen molar-refractivity contribution in [2.45, 2.75) is 26.6 Å². The quantitative estimate of drug-likeness (QED) is 0.485. The SMILES string of the molecule is Cc1nc(COCC(C)O)sc1-c1cccc(-c2cc(F)c3c(c2F)NNN3)n1. The molecule has 0 radical (unpaired) electrons. The zero-order valence-electron chi connectivity index (χ0n) is 15.7. The number of ether oxygens (including phenoxy) is 1. The maximum Gasteiger partial charge on any atom is 0.159 e. The van der Waals surface area contributed by atoms with E-state index in [1.807, 2.05) is 6.92 Å². The standard InChI is InChI=1S/C19H19F2N5O2S/c1-9(27)7-28-8-15-22-10(2)19(29-15)14-5-3-4-13(23-14)11-6-12(20)17-18(16(11)21)25-26-24-17/h3-6,9,24-27H,7-8H2,1-2H3. The van der Waals surface area contributed by atoms with Crippen LogP contribution >= 0.6 is 11.3 Å². The molecule has 0 saturated heterocycles. The smallest absolute Gasteiger partial charge is 0.159 e. The lowest BCUT2D eigenvalue weighted by Gasteiger charge is -2.09. The number of aliphatic hydroxyl groups excluding tert-OH is 1. The number of hydrogen-bond acceptors (Lipinski definition) is 8. The minimum Gasteiger partial charge on any atom is -0.391 e. The Morgan fingerprint density at radius 1 is 1.17 bits per heavy atom. The molecule has 1 aromatic carbocycles. The lowest BCUT2D eigenvalue weighted by Crippen LogP contribution is -2.19. The van der Waals surface area contributed by atoms with Crippen molar-refractivity contribution in [1.29, 1.82) is 0 Å². The van der Waals surface area contributed by atoms with E-state index in [0.29, 0.717) is 11.4 Å². The van der Waals surface area contributed by atoms with Gasteiger partial charge in [0.05, 0.1) is 41.3 Å². The lowest BCUT2D eigenvalue weighted by atomic mass is 10.1. The van der Waals surface area contributed by atoms with Gasteiger partial charge in [-0.3, -0.25) is 10.9 Å². The molecule has 0 spiro atoms. The van der Waals surface area contributed by atoms with Gasteiger partial charge in [-0.2, -0.15) is 0 Å². The first-order valence-electron chi connectivity index (χ1n) is 8.93. The van der Waals surface area contributed by atoms with Crippen molar-refractivity contribution in [3.63, 3.8) is 0 Å². The average molecular weight is 419 g/mol. The monoisotopic (exact) mass is 419 g/mol. The number of anilines is 2. The number of nitrogens with one attached hydrogen (secondary N) is 3. The molecule has 29 heavy (non-hydrogen) atoms. The molecule has 1 aliphatic heterocycles. The zero-order valence-corrected chi connectivity index (χ0v) is 16.5. The molecule has 1 aliphatic rings. The third kappa shape index (κ3) is 3.92. The van der Waals surface area contributed by atoms with E-state index in [4.69, 9.17) is 4.74 Å². The fourth-order valence-corrected chi connectivity index (χ4v) is 3.96. The van der Waals surface area contributed by atoms with Crippen LogP contribution in [0.3, 0.4) is 0 Å². The van der Waals surface area contributed by atoms with Crippen molar-refractivity contribution in [2.24, 2.45) is 0 Å². The maximum atomic E-state index is 14.9. The highest BCUT2D eigenvalue weighted by Crippen LogP contribution is 2.37. The topological polar surface area (TPSA) is 91.3 Å². The van der Waals surface area contributed by atoms with Gasteiger partial charge in [0.15, 0.2) is 11.6 Å². The molecule has 1 unspecified atom stereocenters. The normalized spacial score (nSPS) is 13.7. The van der Waals surface area contributed by atoms with Crippen LogP contribution in [0.15, 0.2) is 24.3 Å². The van der Waals surface area contributed by atoms with Crippen molar-refractivity contribution in [1.82, 2.24) is 15.5 Å². The highest BCUT2D eigenvalue weighted by atomic mass is 32.1. The number of pyridine rings is 1. The van der Waals surface area contributed by atoms with E-state index in [-0.39, 0.29) is 30.2 Å². The molecule has 1 atom stereocenters. The Labute approximate surface area is 169 Å². The second-order valence-electron chi connectivity index (χ2n) is 6.64. The molecule has 4 N–H and O–H groups in total. The summed E-state index contributed by atoms with van der Waals surface area (Å²) in [7, 11) is 0. The van der Waals surface area contributed by atoms with Crippen molar-refractivity contribution in [2.75, 3.05) is 17.5 Å². The Morgan fingerprint density at radius 2 is 1.93 bits per heavy atom. The highest BCUT2D eigenvalue weighted by molar-refractivity contribution is 7.15. The molecule has 0 fully saturated rings. The zero-order chi connectivity index (χ0) is 20.5. The fourth-order valence-electron chi connectivity index (χ4n) is 2.99. The Morgan fingerprint density at radius 3 is 2.72 bits per heavy atom. The molecule has 10 heteroatoms. The average Bonchev–Trinajstić information content (AvgIpc) is 3.32. The van der Waals surface area contributed by atoms with Crippen LogP contribution < -0.4 is 16.4 Å². The summed E-state index contributed by atoms with van der Waals surface area (Å²) in [5.74, 6) is -1.19. The first kappa shape index (κ1) is 19.6. The Bertz CT molecular complexity index is 1060. The molecular formula is C19H19F2N5O2S. The number of aliphatic hydroxyl groups is 1. The summed E-state index contributed by atoms with van der Waals surface area (Å²) in [5, 5.41) is 10.0. The molecule has 3 aromatic rings. The van der Waals surface area contributed by atoms with E-state index < -0.39 is 17.7 Å². The first-order valence-corrected chi connectivity index (χ1v) is 9.74. The molecule has 7 nitrogen and oxygen atoms in total. The second-order valence-corrected chi connectivity index (χ2v) is 7.72. The minimum absolute atomic E-state index is 0.0127. The predicted octanol–water partition coefficient (Wildman–Crippen LogP) is 3.61. The van der Waals surface area contributed by atoms with Crippen molar-refractivity contribution in [3.8, 4) is 21.8 Å². The molecule has 4 rings (SSSR count). The van der Waals surface area contributed by atoms with Gasteiger partial charge in [0.1, 0.15) is 16.4 Å². The molecule has 2 aromatic heterocycles. The third-order valence-electron chi connectivity index (χ3n) is 4.27. The van der Waals surface area contributed by atoms with Crippen molar-refractivity contribution in [3.05, 3.63) is 46.6 Å². The summed E-state index contributed by atoms with van der Waals surface area (Å²) in [6.45, 7) is 4.01. The summed E-state index contributed by atoms with van der Waals surface area (Å²) in [4.78, 5) is 9.84. The summed E-state index contributed by atoms with van der Waals surface area (Å²) in [5.41, 5.74) is 9.38. The van der Waals surface area contributed by atoms with Gasteiger partial charge in [0.2, 0.25) is 0 Å². The number of hydrogen-bond donors (Lipinski definition) is 4. The lowest BCUT2D eigenvalue weighted by molar-refractivity contribution is 0.0375. The molecule has 152 valence electrons. The number of benzene rings is 1. The van der Waals surface area contributed by atoms with Crippen LogP contribution in [0.2, 0.25) is 0 Å². The van der Waals surface area contributed by atoms with E-state index >= 15 is 0 Å². The summed E-state index contributed by atoms with van der Waals surface area (Å²) in [6, 6.07) is 6.30. The van der Waals surface area contributed by atoms with Crippen LogP contribution in [0.5, 0.6) is 0 Å².